The van der Waals surface area contributed by atoms with Crippen LogP contribution in [0.2, 0.25) is 0 Å². The van der Waals surface area contributed by atoms with Crippen molar-refractivity contribution in [3.8, 4) is 17.4 Å². The number of rotatable bonds is 6. The van der Waals surface area contributed by atoms with Gasteiger partial charge in [-0.05, 0) is 36.8 Å². The molecule has 2 aromatic heterocycles. The number of carbonyl (C=O) groups excluding carboxylic acids is 1. The summed E-state index contributed by atoms with van der Waals surface area (Å²) < 4.78 is 16.0. The molecule has 1 amide bonds. The summed E-state index contributed by atoms with van der Waals surface area (Å²) >= 11 is 0. The number of benzene rings is 1. The van der Waals surface area contributed by atoms with Crippen molar-refractivity contribution in [1.29, 1.82) is 0 Å². The van der Waals surface area contributed by atoms with Crippen molar-refractivity contribution in [2.45, 2.75) is 25.8 Å². The van der Waals surface area contributed by atoms with Crippen LogP contribution in [0.15, 0.2) is 51.6 Å². The minimum absolute atomic E-state index is 0.0787. The summed E-state index contributed by atoms with van der Waals surface area (Å²) in [7, 11) is 0. The van der Waals surface area contributed by atoms with Gasteiger partial charge < -0.3 is 18.6 Å². The van der Waals surface area contributed by atoms with Crippen LogP contribution in [0.5, 0.6) is 5.75 Å². The van der Waals surface area contributed by atoms with Gasteiger partial charge in [-0.15, -0.1) is 0 Å². The lowest BCUT2D eigenvalue weighted by atomic mass is 10.1. The quantitative estimate of drug-likeness (QED) is 0.677. The Kier molecular flexibility index (Phi) is 4.43. The highest BCUT2D eigenvalue weighted by Crippen LogP contribution is 2.29. The smallest absolute Gasteiger partial charge is 0.293 e. The summed E-state index contributed by atoms with van der Waals surface area (Å²) in [5.74, 6) is 2.22. The molecule has 7 nitrogen and oxygen atoms in total. The van der Waals surface area contributed by atoms with Crippen molar-refractivity contribution in [2.75, 3.05) is 13.2 Å². The SMILES string of the molecule is CCOc1cccc(CN2CC(c3noc(-c4ccco4)n3)CC2=O)c1. The van der Waals surface area contributed by atoms with E-state index in [-0.39, 0.29) is 11.8 Å². The van der Waals surface area contributed by atoms with E-state index < -0.39 is 0 Å². The predicted octanol–water partition coefficient (Wildman–Crippen LogP) is 3.24. The van der Waals surface area contributed by atoms with E-state index in [1.807, 2.05) is 36.1 Å². The molecule has 7 heteroatoms. The van der Waals surface area contributed by atoms with Gasteiger partial charge in [0.05, 0.1) is 12.9 Å². The summed E-state index contributed by atoms with van der Waals surface area (Å²) in [6.07, 6.45) is 1.93. The molecule has 1 unspecified atom stereocenters. The Morgan fingerprint density at radius 1 is 1.31 bits per heavy atom. The zero-order valence-corrected chi connectivity index (χ0v) is 14.4. The summed E-state index contributed by atoms with van der Waals surface area (Å²) in [6, 6.07) is 11.3. The van der Waals surface area contributed by atoms with Crippen LogP contribution in [0.25, 0.3) is 11.7 Å². The molecule has 1 saturated heterocycles. The third-order valence-electron chi connectivity index (χ3n) is 4.34. The molecule has 0 bridgehead atoms. The average Bonchev–Trinajstić information content (AvgIpc) is 3.36. The van der Waals surface area contributed by atoms with E-state index in [1.54, 1.807) is 18.4 Å². The van der Waals surface area contributed by atoms with E-state index in [4.69, 9.17) is 13.7 Å². The third-order valence-corrected chi connectivity index (χ3v) is 4.34. The first-order valence-electron chi connectivity index (χ1n) is 8.60. The van der Waals surface area contributed by atoms with Gasteiger partial charge in [0.1, 0.15) is 5.75 Å². The van der Waals surface area contributed by atoms with Crippen LogP contribution < -0.4 is 4.74 Å². The van der Waals surface area contributed by atoms with Crippen LogP contribution in [-0.4, -0.2) is 34.1 Å². The van der Waals surface area contributed by atoms with E-state index in [9.17, 15) is 4.79 Å². The van der Waals surface area contributed by atoms with Gasteiger partial charge in [0.25, 0.3) is 5.89 Å². The molecule has 3 aromatic rings. The zero-order chi connectivity index (χ0) is 17.9. The number of nitrogens with zero attached hydrogens (tertiary/aromatic N) is 3. The molecule has 0 N–H and O–H groups in total. The Hall–Kier alpha value is -3.09. The zero-order valence-electron chi connectivity index (χ0n) is 14.4. The molecule has 4 rings (SSSR count). The molecule has 0 saturated carbocycles. The average molecular weight is 353 g/mol. The first-order valence-corrected chi connectivity index (χ1v) is 8.60. The van der Waals surface area contributed by atoms with Crippen molar-refractivity contribution < 1.29 is 18.5 Å². The molecule has 1 atom stereocenters. The maximum atomic E-state index is 12.4. The van der Waals surface area contributed by atoms with Crippen molar-refractivity contribution in [3.05, 3.63) is 54.0 Å². The number of amides is 1. The van der Waals surface area contributed by atoms with Gasteiger partial charge in [0.2, 0.25) is 5.91 Å². The largest absolute Gasteiger partial charge is 0.494 e. The number of furan rings is 1. The highest BCUT2D eigenvalue weighted by Gasteiger charge is 2.34. The van der Waals surface area contributed by atoms with E-state index in [1.165, 1.54) is 0 Å². The predicted molar refractivity (Wildman–Crippen MR) is 92.4 cm³/mol. The normalized spacial score (nSPS) is 17.0. The Bertz CT molecular complexity index is 888. The van der Waals surface area contributed by atoms with Crippen LogP contribution >= 0.6 is 0 Å². The molecule has 26 heavy (non-hydrogen) atoms. The number of aromatic nitrogens is 2. The van der Waals surface area contributed by atoms with Crippen molar-refractivity contribution in [2.24, 2.45) is 0 Å². The van der Waals surface area contributed by atoms with Crippen LogP contribution in [0.1, 0.15) is 30.7 Å². The monoisotopic (exact) mass is 353 g/mol. The lowest BCUT2D eigenvalue weighted by Gasteiger charge is -2.16. The summed E-state index contributed by atoms with van der Waals surface area (Å²) in [4.78, 5) is 18.6. The van der Waals surface area contributed by atoms with Crippen LogP contribution in [-0.2, 0) is 11.3 Å². The van der Waals surface area contributed by atoms with Crippen molar-refractivity contribution in [3.63, 3.8) is 0 Å². The van der Waals surface area contributed by atoms with E-state index >= 15 is 0 Å². The molecule has 3 heterocycles. The number of hydrogen-bond acceptors (Lipinski definition) is 6. The Labute approximate surface area is 150 Å². The van der Waals surface area contributed by atoms with E-state index in [2.05, 4.69) is 10.1 Å². The van der Waals surface area contributed by atoms with Gasteiger partial charge in [0.15, 0.2) is 11.6 Å². The summed E-state index contributed by atoms with van der Waals surface area (Å²) in [5.41, 5.74) is 1.04. The van der Waals surface area contributed by atoms with Crippen LogP contribution in [0.4, 0.5) is 0 Å². The van der Waals surface area contributed by atoms with Gasteiger partial charge in [0, 0.05) is 25.4 Å². The van der Waals surface area contributed by atoms with Gasteiger partial charge in [-0.25, -0.2) is 0 Å². The van der Waals surface area contributed by atoms with Gasteiger partial charge in [-0.2, -0.15) is 4.98 Å². The molecule has 1 aromatic carbocycles. The minimum atomic E-state index is -0.0787. The molecule has 1 aliphatic rings. The molecule has 1 fully saturated rings. The maximum Gasteiger partial charge on any atom is 0.293 e. The van der Waals surface area contributed by atoms with Gasteiger partial charge in [-0.1, -0.05) is 17.3 Å². The second kappa shape index (κ2) is 7.03. The Balaban J connectivity index is 1.45. The van der Waals surface area contributed by atoms with E-state index in [0.29, 0.717) is 43.6 Å². The standard InChI is InChI=1S/C19H19N3O4/c1-2-24-15-6-3-5-13(9-15)11-22-12-14(10-17(22)23)18-20-19(26-21-18)16-7-4-8-25-16/h3-9,14H,2,10-12H2,1H3. The first-order chi connectivity index (χ1) is 12.7. The highest BCUT2D eigenvalue weighted by molar-refractivity contribution is 5.79. The molecular formula is C19H19N3O4. The second-order valence-corrected chi connectivity index (χ2v) is 6.19. The first kappa shape index (κ1) is 16.4. The molecular weight excluding hydrogens is 334 g/mol. The molecule has 1 aliphatic heterocycles. The summed E-state index contributed by atoms with van der Waals surface area (Å²) in [5, 5.41) is 4.02. The number of ether oxygens (including phenoxy) is 1. The molecule has 134 valence electrons. The van der Waals surface area contributed by atoms with Crippen LogP contribution in [0.3, 0.4) is 0 Å². The number of likely N-dealkylation sites (tertiary alicyclic amines) is 1. The maximum absolute atomic E-state index is 12.4. The fraction of sp³-hybridized carbons (Fsp3) is 0.316. The second-order valence-electron chi connectivity index (χ2n) is 6.19. The fourth-order valence-corrected chi connectivity index (χ4v) is 3.12. The van der Waals surface area contributed by atoms with Gasteiger partial charge in [-0.3, -0.25) is 4.79 Å². The van der Waals surface area contributed by atoms with Crippen LogP contribution in [0, 0.1) is 0 Å². The third kappa shape index (κ3) is 3.33. The highest BCUT2D eigenvalue weighted by atomic mass is 16.5. The Morgan fingerprint density at radius 2 is 2.23 bits per heavy atom. The molecule has 0 radical (unpaired) electrons. The lowest BCUT2D eigenvalue weighted by Crippen LogP contribution is -2.24. The Morgan fingerprint density at radius 3 is 3.04 bits per heavy atom. The van der Waals surface area contributed by atoms with Crippen molar-refractivity contribution in [1.82, 2.24) is 15.0 Å². The number of hydrogen-bond donors (Lipinski definition) is 0. The van der Waals surface area contributed by atoms with Gasteiger partial charge >= 0.3 is 0 Å². The minimum Gasteiger partial charge on any atom is -0.494 e. The summed E-state index contributed by atoms with van der Waals surface area (Å²) in [6.45, 7) is 3.67. The molecule has 0 aliphatic carbocycles. The fourth-order valence-electron chi connectivity index (χ4n) is 3.12. The van der Waals surface area contributed by atoms with E-state index in [0.717, 1.165) is 11.3 Å². The molecule has 0 spiro atoms. The number of carbonyl (C=O) groups is 1. The lowest BCUT2D eigenvalue weighted by molar-refractivity contribution is -0.128. The topological polar surface area (TPSA) is 81.6 Å². The van der Waals surface area contributed by atoms with Crippen molar-refractivity contribution >= 4 is 5.91 Å².